The normalized spacial score (nSPS) is 18.6. The molecule has 0 aromatic heterocycles. The van der Waals surface area contributed by atoms with Crippen LogP contribution in [0.4, 0.5) is 5.69 Å². The monoisotopic (exact) mass is 494 g/mol. The van der Waals surface area contributed by atoms with E-state index in [0.717, 1.165) is 37.2 Å². The van der Waals surface area contributed by atoms with Gasteiger partial charge in [-0.15, -0.1) is 0 Å². The van der Waals surface area contributed by atoms with Crippen LogP contribution in [0.3, 0.4) is 0 Å². The summed E-state index contributed by atoms with van der Waals surface area (Å²) >= 11 is 6.85. The second-order valence-corrected chi connectivity index (χ2v) is 10.0. The first-order chi connectivity index (χ1) is 16.5. The van der Waals surface area contributed by atoms with Crippen LogP contribution in [0.5, 0.6) is 5.75 Å². The quantitative estimate of drug-likeness (QED) is 0.249. The molecule has 4 rings (SSSR count). The zero-order valence-corrected chi connectivity index (χ0v) is 20.6. The Balaban J connectivity index is 1.38. The molecule has 2 heterocycles. The molecule has 34 heavy (non-hydrogen) atoms. The first-order valence-electron chi connectivity index (χ1n) is 11.2. The van der Waals surface area contributed by atoms with E-state index in [2.05, 4.69) is 4.90 Å². The lowest BCUT2D eigenvalue weighted by Crippen LogP contribution is -2.35. The number of rotatable bonds is 6. The number of piperidine rings is 1. The lowest BCUT2D eigenvalue weighted by Gasteiger charge is -2.29. The third kappa shape index (κ3) is 5.56. The van der Waals surface area contributed by atoms with E-state index in [-0.39, 0.29) is 24.0 Å². The predicted molar refractivity (Wildman–Crippen MR) is 139 cm³/mol. The summed E-state index contributed by atoms with van der Waals surface area (Å²) in [6, 6.07) is 13.9. The van der Waals surface area contributed by atoms with Gasteiger partial charge in [0.15, 0.2) is 5.78 Å². The number of allylic oxidation sites excluding steroid dienone is 1. The van der Waals surface area contributed by atoms with Crippen LogP contribution in [0.25, 0.3) is 6.08 Å². The maximum atomic E-state index is 13.0. The molecular formula is C26H26N2O4S2. The minimum absolute atomic E-state index is 0.128. The third-order valence-corrected chi connectivity index (χ3v) is 7.58. The molecule has 0 saturated carbocycles. The molecule has 0 aliphatic carbocycles. The van der Waals surface area contributed by atoms with Gasteiger partial charge in [-0.2, -0.15) is 0 Å². The lowest BCUT2D eigenvalue weighted by atomic mass is 10.1. The van der Waals surface area contributed by atoms with Crippen molar-refractivity contribution in [1.29, 1.82) is 0 Å². The van der Waals surface area contributed by atoms with Crippen molar-refractivity contribution < 1.29 is 19.1 Å². The molecule has 0 spiro atoms. The van der Waals surface area contributed by atoms with Gasteiger partial charge in [-0.3, -0.25) is 14.4 Å². The Bertz CT molecular complexity index is 1110. The number of thiocarbonyl (C=S) groups is 1. The van der Waals surface area contributed by atoms with Gasteiger partial charge < -0.3 is 9.64 Å². The number of hydrogen-bond acceptors (Lipinski definition) is 6. The van der Waals surface area contributed by atoms with Gasteiger partial charge >= 0.3 is 0 Å². The van der Waals surface area contributed by atoms with E-state index >= 15 is 0 Å². The Hall–Kier alpha value is -2.97. The number of thioether (sulfide) groups is 1. The molecule has 0 N–H and O–H groups in total. The Labute approximate surface area is 208 Å². The van der Waals surface area contributed by atoms with Crippen LogP contribution in [-0.2, 0) is 9.59 Å². The second kappa shape index (κ2) is 11.0. The first kappa shape index (κ1) is 24.2. The van der Waals surface area contributed by atoms with Gasteiger partial charge in [-0.05, 0) is 67.3 Å². The molecule has 0 radical (unpaired) electrons. The van der Waals surface area contributed by atoms with E-state index in [4.69, 9.17) is 17.0 Å². The van der Waals surface area contributed by atoms with Crippen LogP contribution in [0.2, 0.25) is 0 Å². The molecule has 2 aromatic rings. The minimum atomic E-state index is -0.504. The number of anilines is 1. The van der Waals surface area contributed by atoms with E-state index < -0.39 is 5.25 Å². The minimum Gasteiger partial charge on any atom is -0.497 e. The molecule has 0 bridgehead atoms. The molecule has 6 nitrogen and oxygen atoms in total. The molecule has 2 saturated heterocycles. The largest absolute Gasteiger partial charge is 0.497 e. The smallest absolute Gasteiger partial charge is 0.247 e. The van der Waals surface area contributed by atoms with Crippen molar-refractivity contribution in [3.05, 3.63) is 65.7 Å². The van der Waals surface area contributed by atoms with Crippen LogP contribution >= 0.6 is 24.0 Å². The van der Waals surface area contributed by atoms with E-state index in [0.29, 0.717) is 15.6 Å². The van der Waals surface area contributed by atoms with Gasteiger partial charge in [-0.1, -0.05) is 42.2 Å². The summed E-state index contributed by atoms with van der Waals surface area (Å²) in [7, 11) is 1.60. The van der Waals surface area contributed by atoms with Crippen LogP contribution in [0.15, 0.2) is 54.6 Å². The maximum absolute atomic E-state index is 13.0. The number of imide groups is 1. The van der Waals surface area contributed by atoms with Crippen LogP contribution in [-0.4, -0.2) is 52.3 Å². The van der Waals surface area contributed by atoms with E-state index in [1.54, 1.807) is 37.5 Å². The lowest BCUT2D eigenvalue weighted by molar-refractivity contribution is -0.121. The second-order valence-electron chi connectivity index (χ2n) is 8.21. The predicted octanol–water partition coefficient (Wildman–Crippen LogP) is 4.73. The standard InChI is InChI=1S/C26H26N2O4S2/c1-32-21-12-5-18(6-13-21)7-14-22(29)19-8-10-20(11-9-19)28-24(30)17-23(25(28)31)34-26(33)27-15-3-2-4-16-27/h5-14,23H,2-4,15-17H2,1H3. The molecular weight excluding hydrogens is 468 g/mol. The Morgan fingerprint density at radius 1 is 1.03 bits per heavy atom. The van der Waals surface area contributed by atoms with Crippen molar-refractivity contribution in [3.63, 3.8) is 0 Å². The third-order valence-electron chi connectivity index (χ3n) is 5.92. The summed E-state index contributed by atoms with van der Waals surface area (Å²) in [5.74, 6) is 0.0797. The van der Waals surface area contributed by atoms with E-state index in [1.807, 2.05) is 24.3 Å². The first-order valence-corrected chi connectivity index (χ1v) is 12.5. The number of amides is 2. The number of nitrogens with zero attached hydrogens (tertiary/aromatic N) is 2. The van der Waals surface area contributed by atoms with Crippen molar-refractivity contribution in [1.82, 2.24) is 4.90 Å². The highest BCUT2D eigenvalue weighted by molar-refractivity contribution is 8.23. The van der Waals surface area contributed by atoms with Crippen molar-refractivity contribution >= 4 is 57.7 Å². The molecule has 2 aliphatic rings. The highest BCUT2D eigenvalue weighted by atomic mass is 32.2. The van der Waals surface area contributed by atoms with Gasteiger partial charge in [0.05, 0.1) is 12.8 Å². The van der Waals surface area contributed by atoms with E-state index in [1.165, 1.54) is 29.2 Å². The van der Waals surface area contributed by atoms with Gasteiger partial charge in [0.25, 0.3) is 0 Å². The van der Waals surface area contributed by atoms with Gasteiger partial charge in [-0.25, -0.2) is 4.90 Å². The summed E-state index contributed by atoms with van der Waals surface area (Å²) < 4.78 is 5.82. The van der Waals surface area contributed by atoms with E-state index in [9.17, 15) is 14.4 Å². The Morgan fingerprint density at radius 3 is 2.35 bits per heavy atom. The van der Waals surface area contributed by atoms with Crippen molar-refractivity contribution in [2.75, 3.05) is 25.1 Å². The summed E-state index contributed by atoms with van der Waals surface area (Å²) in [6.07, 6.45) is 6.76. The SMILES string of the molecule is COc1ccc(C=CC(=O)c2ccc(N3C(=O)CC(SC(=S)N4CCCCC4)C3=O)cc2)cc1. The number of methoxy groups -OCH3 is 1. The number of ether oxygens (including phenoxy) is 1. The molecule has 8 heteroatoms. The Morgan fingerprint density at radius 2 is 1.71 bits per heavy atom. The molecule has 2 aromatic carbocycles. The molecule has 176 valence electrons. The highest BCUT2D eigenvalue weighted by Crippen LogP contribution is 2.32. The highest BCUT2D eigenvalue weighted by Gasteiger charge is 2.41. The summed E-state index contributed by atoms with van der Waals surface area (Å²) in [5.41, 5.74) is 1.83. The number of carbonyl (C=O) groups excluding carboxylic acids is 3. The number of carbonyl (C=O) groups is 3. The van der Waals surface area contributed by atoms with Crippen molar-refractivity contribution in [3.8, 4) is 5.75 Å². The average molecular weight is 495 g/mol. The van der Waals surface area contributed by atoms with Gasteiger partial charge in [0.1, 0.15) is 15.3 Å². The maximum Gasteiger partial charge on any atom is 0.247 e. The van der Waals surface area contributed by atoms with Crippen LogP contribution < -0.4 is 9.64 Å². The van der Waals surface area contributed by atoms with Gasteiger partial charge in [0, 0.05) is 25.1 Å². The van der Waals surface area contributed by atoms with Crippen LogP contribution in [0.1, 0.15) is 41.6 Å². The zero-order chi connectivity index (χ0) is 24.1. The molecule has 2 aliphatic heterocycles. The fourth-order valence-electron chi connectivity index (χ4n) is 4.00. The van der Waals surface area contributed by atoms with Crippen molar-refractivity contribution in [2.45, 2.75) is 30.9 Å². The number of likely N-dealkylation sites (tertiary alicyclic amines) is 1. The van der Waals surface area contributed by atoms with Crippen molar-refractivity contribution in [2.24, 2.45) is 0 Å². The fraction of sp³-hybridized carbons (Fsp3) is 0.308. The number of ketones is 1. The molecule has 1 unspecified atom stereocenters. The zero-order valence-electron chi connectivity index (χ0n) is 18.9. The molecule has 1 atom stereocenters. The molecule has 2 amide bonds. The number of hydrogen-bond donors (Lipinski definition) is 0. The Kier molecular flexibility index (Phi) is 7.80. The summed E-state index contributed by atoms with van der Waals surface area (Å²) in [4.78, 5) is 41.5. The topological polar surface area (TPSA) is 66.9 Å². The van der Waals surface area contributed by atoms with Crippen LogP contribution in [0, 0.1) is 0 Å². The molecule has 2 fully saturated rings. The average Bonchev–Trinajstić information content (AvgIpc) is 3.15. The fourth-order valence-corrected chi connectivity index (χ4v) is 5.54. The summed E-state index contributed by atoms with van der Waals surface area (Å²) in [5, 5.41) is -0.504. The summed E-state index contributed by atoms with van der Waals surface area (Å²) in [6.45, 7) is 1.82. The van der Waals surface area contributed by atoms with Gasteiger partial charge in [0.2, 0.25) is 11.8 Å². The number of benzene rings is 2.